The van der Waals surface area contributed by atoms with E-state index in [0.717, 1.165) is 76.3 Å². The summed E-state index contributed by atoms with van der Waals surface area (Å²) in [5.74, 6) is -1.56. The summed E-state index contributed by atoms with van der Waals surface area (Å²) in [6.07, 6.45) is 59.6. The molecule has 0 atom stereocenters. The molecule has 0 heterocycles. The first kappa shape index (κ1) is 63.5. The van der Waals surface area contributed by atoms with E-state index in [9.17, 15) is 22.6 Å². The molecule has 0 radical (unpaired) electrons. The van der Waals surface area contributed by atoms with Crippen molar-refractivity contribution in [3.8, 4) is 0 Å². The zero-order valence-electron chi connectivity index (χ0n) is 42.5. The average Bonchev–Trinajstić information content (AvgIpc) is 3.28. The number of benzene rings is 1. The number of hydrogen-bond acceptors (Lipinski definition) is 7. The van der Waals surface area contributed by atoms with E-state index in [1.165, 1.54) is 186 Å². The molecule has 0 spiro atoms. The van der Waals surface area contributed by atoms with E-state index in [0.29, 0.717) is 12.8 Å². The van der Waals surface area contributed by atoms with E-state index in [4.69, 9.17) is 9.47 Å². The fraction of sp³-hybridized carbons (Fsp3) is 0.786. The molecule has 0 unspecified atom stereocenters. The van der Waals surface area contributed by atoms with Gasteiger partial charge in [0.15, 0.2) is 0 Å². The largest absolute Gasteiger partial charge is 1.00 e. The number of carbonyl (C=O) groups is 2. The van der Waals surface area contributed by atoms with Crippen LogP contribution >= 0.6 is 0 Å². The van der Waals surface area contributed by atoms with E-state index in [1.807, 2.05) is 0 Å². The summed E-state index contributed by atoms with van der Waals surface area (Å²) in [4.78, 5) is 25.4. The maximum absolute atomic E-state index is 13.0. The summed E-state index contributed by atoms with van der Waals surface area (Å²) in [5.41, 5.74) is -0.353. The van der Waals surface area contributed by atoms with E-state index < -0.39 is 27.0 Å². The van der Waals surface area contributed by atoms with Crippen molar-refractivity contribution in [2.75, 3.05) is 13.2 Å². The van der Waals surface area contributed by atoms with E-state index in [-0.39, 0.29) is 53.9 Å². The summed E-state index contributed by atoms with van der Waals surface area (Å²) in [6, 6.07) is 3.14. The van der Waals surface area contributed by atoms with Crippen LogP contribution in [-0.4, -0.2) is 38.1 Å². The predicted octanol–water partition coefficient (Wildman–Crippen LogP) is 14.7. The van der Waals surface area contributed by atoms with Gasteiger partial charge in [0, 0.05) is 0 Å². The Morgan fingerprint density at radius 1 is 0.415 bits per heavy atom. The maximum Gasteiger partial charge on any atom is 1.00 e. The summed E-state index contributed by atoms with van der Waals surface area (Å²) in [5, 5.41) is 0. The second kappa shape index (κ2) is 47.6. The average molecular weight is 937 g/mol. The molecule has 0 aromatic heterocycles. The van der Waals surface area contributed by atoms with Crippen LogP contribution in [0.3, 0.4) is 0 Å². The van der Waals surface area contributed by atoms with Gasteiger partial charge in [0.2, 0.25) is 0 Å². The van der Waals surface area contributed by atoms with Gasteiger partial charge in [-0.3, -0.25) is 0 Å². The second-order valence-corrected chi connectivity index (χ2v) is 19.9. The zero-order chi connectivity index (χ0) is 46.4. The van der Waals surface area contributed by atoms with Crippen LogP contribution in [0, 0.1) is 0 Å². The maximum atomic E-state index is 13.0. The molecule has 1 aromatic rings. The Balaban J connectivity index is 0.0000410. The molecule has 0 aliphatic heterocycles. The van der Waals surface area contributed by atoms with Crippen LogP contribution in [0.2, 0.25) is 0 Å². The van der Waals surface area contributed by atoms with Crippen molar-refractivity contribution in [1.29, 1.82) is 0 Å². The molecule has 65 heavy (non-hydrogen) atoms. The molecule has 7 nitrogen and oxygen atoms in total. The molecule has 0 fully saturated rings. The number of allylic oxidation sites excluding steroid dienone is 4. The first-order chi connectivity index (χ1) is 31.3. The predicted molar refractivity (Wildman–Crippen MR) is 269 cm³/mol. The summed E-state index contributed by atoms with van der Waals surface area (Å²) in [6.45, 7) is 4.89. The van der Waals surface area contributed by atoms with Crippen molar-refractivity contribution < 1.29 is 61.6 Å². The topological polar surface area (TPSA) is 110 Å². The van der Waals surface area contributed by atoms with Gasteiger partial charge >= 0.3 is 41.5 Å². The first-order valence-corrected chi connectivity index (χ1v) is 28.5. The van der Waals surface area contributed by atoms with Gasteiger partial charge in [-0.05, 0) is 82.4 Å². The SMILES string of the molecule is CCCCCCCCCCCCCCCC/C=C/CCCCCCOC(=O)c1ccc(S(=O)(=O)[O-])cc1C(=O)OCCCCCC/C=C/CCCCCCCCCCCCCCCC.[Na+]. The molecule has 0 aliphatic carbocycles. The zero-order valence-corrected chi connectivity index (χ0v) is 45.3. The minimum Gasteiger partial charge on any atom is -0.744 e. The van der Waals surface area contributed by atoms with Crippen LogP contribution in [-0.2, 0) is 19.6 Å². The van der Waals surface area contributed by atoms with E-state index >= 15 is 0 Å². The van der Waals surface area contributed by atoms with Crippen LogP contribution in [0.5, 0.6) is 0 Å². The molecule has 9 heteroatoms. The number of esters is 2. The van der Waals surface area contributed by atoms with Crippen LogP contribution in [0.1, 0.15) is 291 Å². The van der Waals surface area contributed by atoms with Gasteiger partial charge in [-0.1, -0.05) is 231 Å². The van der Waals surface area contributed by atoms with Crippen LogP contribution in [0.4, 0.5) is 0 Å². The molecule has 0 N–H and O–H groups in total. The second-order valence-electron chi connectivity index (χ2n) is 18.6. The molecule has 0 bridgehead atoms. The monoisotopic (exact) mass is 937 g/mol. The minimum absolute atomic E-state index is 0. The van der Waals surface area contributed by atoms with Gasteiger partial charge < -0.3 is 14.0 Å². The van der Waals surface area contributed by atoms with Crippen molar-refractivity contribution in [1.82, 2.24) is 0 Å². The van der Waals surface area contributed by atoms with Gasteiger partial charge in [-0.25, -0.2) is 18.0 Å². The molecule has 1 rings (SSSR count). The molecule has 0 saturated carbocycles. The molecule has 0 amide bonds. The van der Waals surface area contributed by atoms with Crippen molar-refractivity contribution in [2.45, 2.75) is 276 Å². The Morgan fingerprint density at radius 2 is 0.677 bits per heavy atom. The van der Waals surface area contributed by atoms with Gasteiger partial charge in [0.25, 0.3) is 0 Å². The number of unbranched alkanes of at least 4 members (excludes halogenated alkanes) is 36. The fourth-order valence-corrected chi connectivity index (χ4v) is 8.83. The molecular weight excluding hydrogens is 840 g/mol. The van der Waals surface area contributed by atoms with Gasteiger partial charge in [0.1, 0.15) is 10.1 Å². The van der Waals surface area contributed by atoms with Gasteiger partial charge in [0.05, 0.1) is 29.2 Å². The normalized spacial score (nSPS) is 11.7. The minimum atomic E-state index is -4.83. The Kier molecular flexibility index (Phi) is 46.5. The number of rotatable bonds is 47. The summed E-state index contributed by atoms with van der Waals surface area (Å²) < 4.78 is 46.0. The third-order valence-electron chi connectivity index (χ3n) is 12.5. The number of hydrogen-bond donors (Lipinski definition) is 0. The Morgan fingerprint density at radius 3 is 0.969 bits per heavy atom. The smallest absolute Gasteiger partial charge is 0.744 e. The molecular formula is C56H97NaO7S. The van der Waals surface area contributed by atoms with Crippen molar-refractivity contribution in [2.24, 2.45) is 0 Å². The van der Waals surface area contributed by atoms with Crippen LogP contribution < -0.4 is 29.6 Å². The van der Waals surface area contributed by atoms with Gasteiger partial charge in [-0.2, -0.15) is 0 Å². The van der Waals surface area contributed by atoms with Crippen molar-refractivity contribution in [3.63, 3.8) is 0 Å². The summed E-state index contributed by atoms with van der Waals surface area (Å²) >= 11 is 0. The standard InChI is InChI=1S/C56H98O7S.Na/c1-3-5-7-9-11-13-15-17-19-21-23-25-27-29-31-33-35-37-39-41-43-45-49-62-55(57)53-48-47-52(64(59,60)61)51-54(53)56(58)63-50-46-44-42-40-38-36-34-32-30-28-26-24-22-20-18-16-14-12-10-8-6-4-2;/h33-36,47-48,51H,3-32,37-46,49-50H2,1-2H3,(H,59,60,61);/q;+1/p-1/b35-33+,36-34+;. The van der Waals surface area contributed by atoms with Gasteiger partial charge in [-0.15, -0.1) is 0 Å². The quantitative estimate of drug-likeness (QED) is 0.0210. The number of carbonyl (C=O) groups excluding carboxylic acids is 2. The first-order valence-electron chi connectivity index (χ1n) is 27.0. The summed E-state index contributed by atoms with van der Waals surface area (Å²) in [7, 11) is -4.83. The van der Waals surface area contributed by atoms with Crippen molar-refractivity contribution >= 4 is 22.1 Å². The molecule has 0 aliphatic rings. The third kappa shape index (κ3) is 40.2. The van der Waals surface area contributed by atoms with Crippen molar-refractivity contribution in [3.05, 3.63) is 53.6 Å². The van der Waals surface area contributed by atoms with E-state index in [2.05, 4.69) is 38.2 Å². The Labute approximate surface area is 423 Å². The molecule has 0 saturated heterocycles. The molecule has 1 aromatic carbocycles. The fourth-order valence-electron chi connectivity index (χ4n) is 8.33. The van der Waals surface area contributed by atoms with Crippen LogP contribution in [0.15, 0.2) is 47.4 Å². The van der Waals surface area contributed by atoms with Crippen LogP contribution in [0.25, 0.3) is 0 Å². The third-order valence-corrected chi connectivity index (χ3v) is 13.3. The van der Waals surface area contributed by atoms with E-state index in [1.54, 1.807) is 0 Å². The number of ether oxygens (including phenoxy) is 2. The Bertz CT molecular complexity index is 1410. The Hall–Kier alpha value is -1.45. The molecule has 370 valence electrons.